The topological polar surface area (TPSA) is 34.9 Å². The molecule has 6 heteroatoms. The molecule has 0 saturated heterocycles. The monoisotopic (exact) mass is 314 g/mol. The minimum Gasteiger partial charge on any atom is -0.267 e. The summed E-state index contributed by atoms with van der Waals surface area (Å²) in [4.78, 5) is 11.3. The number of hydrogen-bond acceptors (Lipinski definition) is 2. The molecule has 0 spiro atoms. The molecule has 1 aromatic heterocycles. The van der Waals surface area contributed by atoms with Gasteiger partial charge in [-0.15, -0.1) is 0 Å². The number of nitrogens with zero attached hydrogens (tertiary/aromatic N) is 2. The van der Waals surface area contributed by atoms with Crippen molar-refractivity contribution in [2.24, 2.45) is 7.05 Å². The maximum Gasteiger partial charge on any atom is 0.281 e. The molecule has 0 fully saturated rings. The van der Waals surface area contributed by atoms with Gasteiger partial charge >= 0.3 is 0 Å². The third kappa shape index (κ3) is 1.72. The molecule has 0 N–H and O–H groups in total. The van der Waals surface area contributed by atoms with Crippen LogP contribution in [0.25, 0.3) is 0 Å². The molecule has 0 aliphatic heterocycles. The third-order valence-electron chi connectivity index (χ3n) is 1.37. The van der Waals surface area contributed by atoms with Crippen LogP contribution in [0.5, 0.6) is 0 Å². The summed E-state index contributed by atoms with van der Waals surface area (Å²) < 4.78 is 1.65. The summed E-state index contributed by atoms with van der Waals surface area (Å²) >= 11 is 12.1. The molecule has 0 aliphatic rings. The van der Waals surface area contributed by atoms with Crippen molar-refractivity contribution in [1.29, 1.82) is 0 Å². The highest BCUT2D eigenvalue weighted by Gasteiger charge is 2.10. The largest absolute Gasteiger partial charge is 0.281 e. The summed E-state index contributed by atoms with van der Waals surface area (Å²) in [5.41, 5.74) is 0.494. The van der Waals surface area contributed by atoms with Crippen LogP contribution >= 0.6 is 43.5 Å². The standard InChI is InChI=1S/C6H5Br2ClN2O/c1-11-6(12)4(8)3(2-7)5(9)10-11/h2H2,1H3. The first-order valence-electron chi connectivity index (χ1n) is 3.05. The Labute approximate surface area is 91.0 Å². The Morgan fingerprint density at radius 1 is 1.67 bits per heavy atom. The Kier molecular flexibility index (Phi) is 3.31. The molecule has 0 atom stereocenters. The highest BCUT2D eigenvalue weighted by molar-refractivity contribution is 9.10. The van der Waals surface area contributed by atoms with Gasteiger partial charge in [-0.05, 0) is 15.9 Å². The van der Waals surface area contributed by atoms with Crippen LogP contribution in [-0.4, -0.2) is 9.78 Å². The van der Waals surface area contributed by atoms with Gasteiger partial charge in [0.25, 0.3) is 5.56 Å². The average Bonchev–Trinajstić information content (AvgIpc) is 2.01. The number of rotatable bonds is 1. The predicted octanol–water partition coefficient (Wildman–Crippen LogP) is 2.09. The molecule has 0 radical (unpaired) electrons. The Hall–Kier alpha value is 0.130. The molecule has 1 heterocycles. The van der Waals surface area contributed by atoms with E-state index in [1.807, 2.05) is 0 Å². The SMILES string of the molecule is Cn1nc(Cl)c(CBr)c(Br)c1=O. The van der Waals surface area contributed by atoms with E-state index in [1.54, 1.807) is 7.05 Å². The Morgan fingerprint density at radius 2 is 2.25 bits per heavy atom. The van der Waals surface area contributed by atoms with Gasteiger partial charge in [0.2, 0.25) is 0 Å². The molecule has 12 heavy (non-hydrogen) atoms. The van der Waals surface area contributed by atoms with Gasteiger partial charge in [0, 0.05) is 17.9 Å². The molecule has 0 bridgehead atoms. The van der Waals surface area contributed by atoms with E-state index in [9.17, 15) is 4.79 Å². The summed E-state index contributed by atoms with van der Waals surface area (Å²) in [6.07, 6.45) is 0. The fourth-order valence-corrected chi connectivity index (χ4v) is 2.77. The number of halogens is 3. The minimum absolute atomic E-state index is 0.186. The molecular weight excluding hydrogens is 311 g/mol. The number of aromatic nitrogens is 2. The van der Waals surface area contributed by atoms with Crippen molar-refractivity contribution in [2.75, 3.05) is 0 Å². The normalized spacial score (nSPS) is 10.3. The minimum atomic E-state index is -0.186. The molecule has 1 aromatic rings. The number of alkyl halides is 1. The Balaban J connectivity index is 3.52. The molecule has 1 rings (SSSR count). The zero-order valence-electron chi connectivity index (χ0n) is 6.14. The summed E-state index contributed by atoms with van der Waals surface area (Å²) in [5.74, 6) is 0. The van der Waals surface area contributed by atoms with Gasteiger partial charge < -0.3 is 0 Å². The first kappa shape index (κ1) is 10.2. The lowest BCUT2D eigenvalue weighted by Gasteiger charge is -2.03. The van der Waals surface area contributed by atoms with Crippen LogP contribution in [0.2, 0.25) is 5.15 Å². The number of aryl methyl sites for hydroxylation is 1. The van der Waals surface area contributed by atoms with E-state index in [2.05, 4.69) is 37.0 Å². The maximum absolute atomic E-state index is 11.3. The van der Waals surface area contributed by atoms with Crippen LogP contribution in [0.3, 0.4) is 0 Å². The van der Waals surface area contributed by atoms with Gasteiger partial charge in [0.05, 0.1) is 4.47 Å². The van der Waals surface area contributed by atoms with Gasteiger partial charge in [-0.1, -0.05) is 27.5 Å². The van der Waals surface area contributed by atoms with Crippen LogP contribution in [0, 0.1) is 0 Å². The summed E-state index contributed by atoms with van der Waals surface area (Å²) in [5, 5.41) is 4.66. The second kappa shape index (κ2) is 3.89. The van der Waals surface area contributed by atoms with E-state index < -0.39 is 0 Å². The van der Waals surface area contributed by atoms with Gasteiger partial charge in [-0.25, -0.2) is 4.68 Å². The van der Waals surface area contributed by atoms with Gasteiger partial charge in [0.1, 0.15) is 0 Å². The molecule has 0 aliphatic carbocycles. The third-order valence-corrected chi connectivity index (χ3v) is 3.05. The lowest BCUT2D eigenvalue weighted by atomic mass is 10.3. The molecule has 0 unspecified atom stereocenters. The fraction of sp³-hybridized carbons (Fsp3) is 0.333. The van der Waals surface area contributed by atoms with Crippen molar-refractivity contribution in [3.05, 3.63) is 25.5 Å². The molecule has 0 saturated carbocycles. The van der Waals surface area contributed by atoms with Crippen molar-refractivity contribution in [3.8, 4) is 0 Å². The van der Waals surface area contributed by atoms with E-state index in [4.69, 9.17) is 11.6 Å². The van der Waals surface area contributed by atoms with Crippen LogP contribution in [0.15, 0.2) is 9.27 Å². The summed E-state index contributed by atoms with van der Waals surface area (Å²) in [6, 6.07) is 0. The molecular formula is C6H5Br2ClN2O. The van der Waals surface area contributed by atoms with Crippen LogP contribution in [0.1, 0.15) is 5.56 Å². The summed E-state index contributed by atoms with van der Waals surface area (Å²) in [7, 11) is 1.55. The van der Waals surface area contributed by atoms with Crippen molar-refractivity contribution in [2.45, 2.75) is 5.33 Å². The van der Waals surface area contributed by atoms with Crippen LogP contribution in [-0.2, 0) is 12.4 Å². The van der Waals surface area contributed by atoms with Crippen molar-refractivity contribution >= 4 is 43.5 Å². The number of hydrogen-bond donors (Lipinski definition) is 0. The first-order chi connectivity index (χ1) is 5.57. The van der Waals surface area contributed by atoms with Gasteiger partial charge in [-0.2, -0.15) is 5.10 Å². The molecule has 0 amide bonds. The van der Waals surface area contributed by atoms with E-state index in [0.717, 1.165) is 0 Å². The quantitative estimate of drug-likeness (QED) is 0.744. The second-order valence-corrected chi connectivity index (χ2v) is 3.86. The Bertz CT molecular complexity index is 363. The van der Waals surface area contributed by atoms with Gasteiger partial charge in [0.15, 0.2) is 5.15 Å². The highest BCUT2D eigenvalue weighted by Crippen LogP contribution is 2.21. The van der Waals surface area contributed by atoms with E-state index in [1.165, 1.54) is 4.68 Å². The summed E-state index contributed by atoms with van der Waals surface area (Å²) in [6.45, 7) is 0. The first-order valence-corrected chi connectivity index (χ1v) is 5.34. The predicted molar refractivity (Wildman–Crippen MR) is 54.8 cm³/mol. The van der Waals surface area contributed by atoms with Gasteiger partial charge in [-0.3, -0.25) is 4.79 Å². The molecule has 3 nitrogen and oxygen atoms in total. The van der Waals surface area contributed by atoms with E-state index >= 15 is 0 Å². The fourth-order valence-electron chi connectivity index (χ4n) is 0.713. The van der Waals surface area contributed by atoms with Crippen molar-refractivity contribution in [3.63, 3.8) is 0 Å². The second-order valence-electron chi connectivity index (χ2n) is 2.15. The Morgan fingerprint density at radius 3 is 2.75 bits per heavy atom. The average molecular weight is 316 g/mol. The maximum atomic E-state index is 11.3. The lowest BCUT2D eigenvalue weighted by Crippen LogP contribution is -2.21. The zero-order valence-corrected chi connectivity index (χ0v) is 10.1. The smallest absolute Gasteiger partial charge is 0.267 e. The lowest BCUT2D eigenvalue weighted by molar-refractivity contribution is 0.698. The van der Waals surface area contributed by atoms with Crippen LogP contribution < -0.4 is 5.56 Å². The van der Waals surface area contributed by atoms with Crippen molar-refractivity contribution in [1.82, 2.24) is 9.78 Å². The van der Waals surface area contributed by atoms with Crippen molar-refractivity contribution < 1.29 is 0 Å². The van der Waals surface area contributed by atoms with Crippen LogP contribution in [0.4, 0.5) is 0 Å². The highest BCUT2D eigenvalue weighted by atomic mass is 79.9. The van der Waals surface area contributed by atoms with E-state index in [-0.39, 0.29) is 5.56 Å². The zero-order chi connectivity index (χ0) is 9.30. The molecule has 0 aromatic carbocycles. The molecule has 66 valence electrons. The van der Waals surface area contributed by atoms with E-state index in [0.29, 0.717) is 20.5 Å².